The van der Waals surface area contributed by atoms with Crippen LogP contribution in [-0.4, -0.2) is 30.4 Å². The largest absolute Gasteiger partial charge is 0.465 e. The molecule has 0 unspecified atom stereocenters. The van der Waals surface area contributed by atoms with Gasteiger partial charge < -0.3 is 14.2 Å². The maximum atomic E-state index is 12.9. The molecule has 1 fully saturated rings. The highest BCUT2D eigenvalue weighted by Gasteiger charge is 2.28. The number of likely N-dealkylation sites (tertiary alicyclic amines) is 1. The van der Waals surface area contributed by atoms with Crippen LogP contribution in [0.5, 0.6) is 0 Å². The van der Waals surface area contributed by atoms with Gasteiger partial charge in [0.2, 0.25) is 0 Å². The van der Waals surface area contributed by atoms with Crippen molar-refractivity contribution in [3.8, 4) is 0 Å². The van der Waals surface area contributed by atoms with Crippen molar-refractivity contribution < 1.29 is 13.6 Å². The van der Waals surface area contributed by atoms with E-state index >= 15 is 0 Å². The lowest BCUT2D eigenvalue weighted by Crippen LogP contribution is -2.41. The number of hydrogen-bond acceptors (Lipinski definition) is 4. The van der Waals surface area contributed by atoms with Crippen LogP contribution in [0.2, 0.25) is 0 Å². The van der Waals surface area contributed by atoms with E-state index in [-0.39, 0.29) is 11.9 Å². The predicted molar refractivity (Wildman–Crippen MR) is 114 cm³/mol. The topological polar surface area (TPSA) is 58.6 Å². The van der Waals surface area contributed by atoms with Gasteiger partial charge in [-0.2, -0.15) is 0 Å². The van der Waals surface area contributed by atoms with Crippen LogP contribution < -0.4 is 5.32 Å². The van der Waals surface area contributed by atoms with Gasteiger partial charge in [-0.25, -0.2) is 0 Å². The molecule has 0 bridgehead atoms. The van der Waals surface area contributed by atoms with Crippen molar-refractivity contribution in [2.75, 3.05) is 19.6 Å². The van der Waals surface area contributed by atoms with E-state index in [2.05, 4.69) is 23.2 Å². The van der Waals surface area contributed by atoms with Gasteiger partial charge in [-0.3, -0.25) is 9.69 Å². The number of benzene rings is 1. The minimum atomic E-state index is -0.171. The molecule has 1 aromatic carbocycles. The van der Waals surface area contributed by atoms with Gasteiger partial charge in [0, 0.05) is 17.5 Å². The van der Waals surface area contributed by atoms with E-state index in [1.807, 2.05) is 45.0 Å². The van der Waals surface area contributed by atoms with Crippen molar-refractivity contribution in [3.05, 3.63) is 58.7 Å². The third kappa shape index (κ3) is 4.10. The summed E-state index contributed by atoms with van der Waals surface area (Å²) in [6.45, 7) is 10.8. The summed E-state index contributed by atoms with van der Waals surface area (Å²) in [5.41, 5.74) is 2.79. The molecule has 3 heterocycles. The third-order valence-electron chi connectivity index (χ3n) is 6.10. The number of nitrogens with one attached hydrogen (secondary N) is 1. The molecule has 1 N–H and O–H groups in total. The van der Waals surface area contributed by atoms with Crippen LogP contribution in [0, 0.1) is 26.7 Å². The average Bonchev–Trinajstić information content (AvgIpc) is 3.27. The fourth-order valence-electron chi connectivity index (χ4n) is 4.20. The van der Waals surface area contributed by atoms with Gasteiger partial charge in [0.15, 0.2) is 5.76 Å². The average molecular weight is 395 g/mol. The molecule has 0 saturated carbocycles. The van der Waals surface area contributed by atoms with E-state index in [4.69, 9.17) is 8.83 Å². The molecule has 1 atom stereocenters. The second kappa shape index (κ2) is 8.07. The highest BCUT2D eigenvalue weighted by atomic mass is 16.3. The van der Waals surface area contributed by atoms with Gasteiger partial charge in [-0.1, -0.05) is 18.6 Å². The lowest BCUT2D eigenvalue weighted by atomic mass is 9.97. The zero-order valence-electron chi connectivity index (χ0n) is 17.7. The summed E-state index contributed by atoms with van der Waals surface area (Å²) in [4.78, 5) is 15.4. The van der Waals surface area contributed by atoms with E-state index in [1.165, 1.54) is 12.8 Å². The standard InChI is InChI=1S/C24H30N2O3/c1-15-9-11-26(12-10-15)20(22-8-6-17(3)28-22)14-25-24(27)23-18(4)19-13-16(2)5-7-21(19)29-23/h5-8,13,15,20H,9-12,14H2,1-4H3,(H,25,27)/t20-/m0/s1. The molecular formula is C24H30N2O3. The summed E-state index contributed by atoms with van der Waals surface area (Å²) < 4.78 is 11.8. The number of carbonyl (C=O) groups is 1. The maximum Gasteiger partial charge on any atom is 0.287 e. The highest BCUT2D eigenvalue weighted by molar-refractivity contribution is 5.99. The molecule has 0 aliphatic carbocycles. The molecule has 5 heteroatoms. The van der Waals surface area contributed by atoms with Crippen molar-refractivity contribution in [2.45, 2.75) is 46.6 Å². The molecule has 0 radical (unpaired) electrons. The molecule has 2 aromatic heterocycles. The highest BCUT2D eigenvalue weighted by Crippen LogP contribution is 2.29. The number of rotatable bonds is 5. The van der Waals surface area contributed by atoms with Crippen molar-refractivity contribution in [2.24, 2.45) is 5.92 Å². The van der Waals surface area contributed by atoms with Crippen LogP contribution in [-0.2, 0) is 0 Å². The Morgan fingerprint density at radius 3 is 2.59 bits per heavy atom. The molecule has 5 nitrogen and oxygen atoms in total. The number of nitrogens with zero attached hydrogens (tertiary/aromatic N) is 1. The first-order valence-electron chi connectivity index (χ1n) is 10.5. The van der Waals surface area contributed by atoms with Crippen LogP contribution in [0.3, 0.4) is 0 Å². The normalized spacial score (nSPS) is 17.0. The number of amides is 1. The van der Waals surface area contributed by atoms with Crippen LogP contribution in [0.4, 0.5) is 0 Å². The van der Waals surface area contributed by atoms with Crippen LogP contribution in [0.1, 0.15) is 59.0 Å². The Morgan fingerprint density at radius 1 is 1.14 bits per heavy atom. The second-order valence-corrected chi connectivity index (χ2v) is 8.45. The number of carbonyl (C=O) groups excluding carboxylic acids is 1. The van der Waals surface area contributed by atoms with Crippen molar-refractivity contribution in [3.63, 3.8) is 0 Å². The number of furan rings is 2. The summed E-state index contributed by atoms with van der Waals surface area (Å²) in [5, 5.41) is 4.10. The first kappa shape index (κ1) is 19.8. The fourth-order valence-corrected chi connectivity index (χ4v) is 4.20. The molecular weight excluding hydrogens is 364 g/mol. The van der Waals surface area contributed by atoms with Gasteiger partial charge in [-0.15, -0.1) is 0 Å². The summed E-state index contributed by atoms with van der Waals surface area (Å²) in [6, 6.07) is 10.0. The summed E-state index contributed by atoms with van der Waals surface area (Å²) in [6.07, 6.45) is 2.35. The Hall–Kier alpha value is -2.53. The lowest BCUT2D eigenvalue weighted by molar-refractivity contribution is 0.0871. The Labute approximate surface area is 172 Å². The van der Waals surface area contributed by atoms with Crippen molar-refractivity contribution >= 4 is 16.9 Å². The number of hydrogen-bond donors (Lipinski definition) is 1. The van der Waals surface area contributed by atoms with Gasteiger partial charge in [0.1, 0.15) is 17.1 Å². The molecule has 1 aliphatic heterocycles. The van der Waals surface area contributed by atoms with E-state index in [0.29, 0.717) is 12.3 Å². The van der Waals surface area contributed by atoms with Gasteiger partial charge in [0.25, 0.3) is 5.91 Å². The van der Waals surface area contributed by atoms with E-state index < -0.39 is 0 Å². The smallest absolute Gasteiger partial charge is 0.287 e. The van der Waals surface area contributed by atoms with E-state index in [1.54, 1.807) is 0 Å². The maximum absolute atomic E-state index is 12.9. The van der Waals surface area contributed by atoms with Crippen LogP contribution >= 0.6 is 0 Å². The third-order valence-corrected chi connectivity index (χ3v) is 6.10. The van der Waals surface area contributed by atoms with Gasteiger partial charge >= 0.3 is 0 Å². The van der Waals surface area contributed by atoms with Gasteiger partial charge in [-0.05, 0) is 76.9 Å². The second-order valence-electron chi connectivity index (χ2n) is 8.45. The molecule has 0 spiro atoms. The number of aryl methyl sites for hydroxylation is 3. The Balaban J connectivity index is 1.52. The summed E-state index contributed by atoms with van der Waals surface area (Å²) in [5.74, 6) is 2.78. The van der Waals surface area contributed by atoms with Crippen LogP contribution in [0.25, 0.3) is 11.0 Å². The Bertz CT molecular complexity index is 1010. The summed E-state index contributed by atoms with van der Waals surface area (Å²) in [7, 11) is 0. The van der Waals surface area contributed by atoms with Gasteiger partial charge in [0.05, 0.1) is 6.04 Å². The van der Waals surface area contributed by atoms with Crippen LogP contribution in [0.15, 0.2) is 39.2 Å². The molecule has 1 amide bonds. The Kier molecular flexibility index (Phi) is 5.50. The zero-order chi connectivity index (χ0) is 20.5. The lowest BCUT2D eigenvalue weighted by Gasteiger charge is -2.35. The number of piperidine rings is 1. The SMILES string of the molecule is Cc1ccc2oc(C(=O)NC[C@@H](c3ccc(C)o3)N3CCC(C)CC3)c(C)c2c1. The molecule has 1 saturated heterocycles. The molecule has 1 aliphatic rings. The van der Waals surface area contributed by atoms with E-state index in [9.17, 15) is 4.79 Å². The zero-order valence-corrected chi connectivity index (χ0v) is 17.7. The van der Waals surface area contributed by atoms with Crippen molar-refractivity contribution in [1.82, 2.24) is 10.2 Å². The quantitative estimate of drug-likeness (QED) is 0.650. The van der Waals surface area contributed by atoms with E-state index in [0.717, 1.165) is 52.6 Å². The molecule has 4 rings (SSSR count). The monoisotopic (exact) mass is 394 g/mol. The summed E-state index contributed by atoms with van der Waals surface area (Å²) >= 11 is 0. The van der Waals surface area contributed by atoms with Crippen molar-refractivity contribution in [1.29, 1.82) is 0 Å². The molecule has 29 heavy (non-hydrogen) atoms. The fraction of sp³-hybridized carbons (Fsp3) is 0.458. The predicted octanol–water partition coefficient (Wildman–Crippen LogP) is 5.15. The first-order chi connectivity index (χ1) is 13.9. The molecule has 3 aromatic rings. The Morgan fingerprint density at radius 2 is 1.90 bits per heavy atom. The number of fused-ring (bicyclic) bond motifs is 1. The minimum Gasteiger partial charge on any atom is -0.465 e. The first-order valence-corrected chi connectivity index (χ1v) is 10.5. The molecule has 154 valence electrons. The minimum absolute atomic E-state index is 0.0343.